The number of hydrogen-bond donors (Lipinski definition) is 1. The van der Waals surface area contributed by atoms with Crippen LogP contribution in [0.2, 0.25) is 0 Å². The molecule has 0 amide bonds. The van der Waals surface area contributed by atoms with E-state index in [1.807, 2.05) is 0 Å². The second-order valence-electron chi connectivity index (χ2n) is 1.00. The van der Waals surface area contributed by atoms with Crippen molar-refractivity contribution in [1.29, 1.82) is 0 Å². The van der Waals surface area contributed by atoms with Crippen LogP contribution < -0.4 is 0 Å². The van der Waals surface area contributed by atoms with Crippen LogP contribution in [-0.4, -0.2) is 18.9 Å². The minimum atomic E-state index is -4.57. The van der Waals surface area contributed by atoms with Crippen LogP contribution in [0, 0.1) is 0 Å². The molecule has 0 aliphatic carbocycles. The van der Waals surface area contributed by atoms with Gasteiger partial charge in [-0.2, -0.15) is 8.42 Å². The summed E-state index contributed by atoms with van der Waals surface area (Å²) in [5.41, 5.74) is 0. The number of rotatable bonds is 1. The van der Waals surface area contributed by atoms with E-state index >= 15 is 0 Å². The molecule has 0 unspecified atom stereocenters. The molecule has 0 aromatic rings. The van der Waals surface area contributed by atoms with Crippen LogP contribution in [0.1, 0.15) is 6.92 Å². The van der Waals surface area contributed by atoms with Crippen LogP contribution >= 0.6 is 0 Å². The molecule has 0 aromatic heterocycles. The Balaban J connectivity index is 3.95. The van der Waals surface area contributed by atoms with Gasteiger partial charge in [0.2, 0.25) is 0 Å². The summed E-state index contributed by atoms with van der Waals surface area (Å²) >= 11 is 0. The fraction of sp³-hybridized carbons (Fsp3) is 0.500. The molecule has 0 aromatic carbocycles. The maximum Gasteiger partial charge on any atom is 0.448 e. The first-order valence-corrected chi connectivity index (χ1v) is 2.96. The highest BCUT2D eigenvalue weighted by atomic mass is 32.3. The summed E-state index contributed by atoms with van der Waals surface area (Å²) in [5.74, 6) is -1.06. The van der Waals surface area contributed by atoms with E-state index in [1.165, 1.54) is 0 Å². The minimum absolute atomic E-state index is 0.869. The van der Waals surface area contributed by atoms with E-state index < -0.39 is 16.4 Å². The van der Waals surface area contributed by atoms with E-state index in [1.54, 1.807) is 0 Å². The van der Waals surface area contributed by atoms with E-state index in [9.17, 15) is 13.2 Å². The van der Waals surface area contributed by atoms with Crippen molar-refractivity contribution in [1.82, 2.24) is 0 Å². The molecule has 5 nitrogen and oxygen atoms in total. The third-order valence-electron chi connectivity index (χ3n) is 0.223. The molecule has 0 radical (unpaired) electrons. The van der Waals surface area contributed by atoms with Crippen LogP contribution in [0.5, 0.6) is 0 Å². The van der Waals surface area contributed by atoms with Gasteiger partial charge in [-0.05, 0) is 0 Å². The number of carbonyl (C=O) groups is 1. The Hall–Kier alpha value is -0.620. The van der Waals surface area contributed by atoms with Crippen LogP contribution in [0.4, 0.5) is 0 Å². The van der Waals surface area contributed by atoms with Crippen LogP contribution in [-0.2, 0) is 19.4 Å². The van der Waals surface area contributed by atoms with Crippen molar-refractivity contribution in [2.24, 2.45) is 0 Å². The molecule has 1 N–H and O–H groups in total. The molecule has 0 fully saturated rings. The highest BCUT2D eigenvalue weighted by molar-refractivity contribution is 7.81. The van der Waals surface area contributed by atoms with Crippen molar-refractivity contribution in [3.05, 3.63) is 0 Å². The Labute approximate surface area is 46.2 Å². The molecule has 0 spiro atoms. The predicted molar refractivity (Wildman–Crippen MR) is 23.3 cm³/mol. The van der Waals surface area contributed by atoms with Gasteiger partial charge in [-0.25, -0.2) is 0 Å². The molecule has 0 bridgehead atoms. The van der Waals surface area contributed by atoms with E-state index in [0.29, 0.717) is 0 Å². The molecular weight excluding hydrogens is 136 g/mol. The molecule has 0 saturated carbocycles. The molecule has 48 valence electrons. The van der Waals surface area contributed by atoms with Gasteiger partial charge in [0.05, 0.1) is 0 Å². The highest BCUT2D eigenvalue weighted by Crippen LogP contribution is 1.84. The molecule has 0 rings (SSSR count). The Morgan fingerprint density at radius 2 is 2.00 bits per heavy atom. The number of hydrogen-bond acceptors (Lipinski definition) is 4. The average Bonchev–Trinajstić information content (AvgIpc) is 1.21. The van der Waals surface area contributed by atoms with Crippen molar-refractivity contribution in [3.63, 3.8) is 0 Å². The molecule has 0 aliphatic heterocycles. The summed E-state index contributed by atoms with van der Waals surface area (Å²) in [6.07, 6.45) is 0. The van der Waals surface area contributed by atoms with Gasteiger partial charge < -0.3 is 4.18 Å². The van der Waals surface area contributed by atoms with E-state index in [4.69, 9.17) is 4.55 Å². The lowest BCUT2D eigenvalue weighted by Gasteiger charge is -1.90. The van der Waals surface area contributed by atoms with Crippen LogP contribution in [0.25, 0.3) is 0 Å². The molecule has 0 atom stereocenters. The molecule has 0 saturated heterocycles. The summed E-state index contributed by atoms with van der Waals surface area (Å²) in [6.45, 7) is 0.869. The van der Waals surface area contributed by atoms with Gasteiger partial charge in [0.25, 0.3) is 0 Å². The first kappa shape index (κ1) is 7.38. The zero-order chi connectivity index (χ0) is 6.78. The maximum absolute atomic E-state index is 9.70. The summed E-state index contributed by atoms with van der Waals surface area (Å²) in [5, 5.41) is 0. The minimum Gasteiger partial charge on any atom is -0.325 e. The van der Waals surface area contributed by atoms with E-state index in [-0.39, 0.29) is 0 Å². The Morgan fingerprint density at radius 1 is 1.62 bits per heavy atom. The largest absolute Gasteiger partial charge is 0.448 e. The monoisotopic (exact) mass is 140 g/mol. The maximum atomic E-state index is 9.70. The van der Waals surface area contributed by atoms with Crippen molar-refractivity contribution < 1.29 is 21.9 Å². The molecule has 6 heteroatoms. The van der Waals surface area contributed by atoms with Gasteiger partial charge >= 0.3 is 16.4 Å². The Bertz CT molecular complexity index is 177. The van der Waals surface area contributed by atoms with Crippen molar-refractivity contribution >= 4 is 16.4 Å². The summed E-state index contributed by atoms with van der Waals surface area (Å²) < 4.78 is 30.2. The first-order valence-electron chi connectivity index (χ1n) is 1.59. The Morgan fingerprint density at radius 3 is 2.00 bits per heavy atom. The number of carbonyl (C=O) groups excluding carboxylic acids is 1. The molecule has 8 heavy (non-hydrogen) atoms. The Kier molecular flexibility index (Phi) is 1.94. The highest BCUT2D eigenvalue weighted by Gasteiger charge is 2.06. The topological polar surface area (TPSA) is 80.7 Å². The summed E-state index contributed by atoms with van der Waals surface area (Å²) in [4.78, 5) is 9.70. The average molecular weight is 140 g/mol. The summed E-state index contributed by atoms with van der Waals surface area (Å²) in [6, 6.07) is 0. The standard InChI is InChI=1S/C2H4O5S/c1-2(3)7-8(4,5)6/h1H3,(H,4,5,6). The van der Waals surface area contributed by atoms with Gasteiger partial charge in [0, 0.05) is 6.92 Å². The smallest absolute Gasteiger partial charge is 0.325 e. The van der Waals surface area contributed by atoms with Gasteiger partial charge in [0.15, 0.2) is 0 Å². The fourth-order valence-electron chi connectivity index (χ4n) is 0.148. The lowest BCUT2D eigenvalue weighted by Crippen LogP contribution is -2.07. The third kappa shape index (κ3) is 5.38. The second kappa shape index (κ2) is 2.10. The fourth-order valence-corrected chi connectivity index (χ4v) is 0.445. The van der Waals surface area contributed by atoms with Crippen LogP contribution in [0.15, 0.2) is 0 Å². The normalized spacial score (nSPS) is 10.8. The van der Waals surface area contributed by atoms with Crippen LogP contribution in [0.3, 0.4) is 0 Å². The first-order chi connectivity index (χ1) is 3.42. The SMILES string of the molecule is CC(=O)OS(=O)(=O)O. The molecular formula is C2H4O5S. The lowest BCUT2D eigenvalue weighted by molar-refractivity contribution is -0.131. The van der Waals surface area contributed by atoms with Crippen molar-refractivity contribution in [2.75, 3.05) is 0 Å². The van der Waals surface area contributed by atoms with E-state index in [0.717, 1.165) is 6.92 Å². The zero-order valence-electron chi connectivity index (χ0n) is 3.99. The van der Waals surface area contributed by atoms with Crippen molar-refractivity contribution in [2.45, 2.75) is 6.92 Å². The quantitative estimate of drug-likeness (QED) is 0.489. The lowest BCUT2D eigenvalue weighted by atomic mass is 10.9. The van der Waals surface area contributed by atoms with Gasteiger partial charge in [0.1, 0.15) is 0 Å². The van der Waals surface area contributed by atoms with E-state index in [2.05, 4.69) is 4.18 Å². The van der Waals surface area contributed by atoms with Gasteiger partial charge in [-0.3, -0.25) is 9.35 Å². The van der Waals surface area contributed by atoms with Gasteiger partial charge in [-0.15, -0.1) is 0 Å². The molecule has 0 heterocycles. The predicted octanol–water partition coefficient (Wildman–Crippen LogP) is -0.648. The second-order valence-corrected chi connectivity index (χ2v) is 2.02. The summed E-state index contributed by atoms with van der Waals surface area (Å²) in [7, 11) is -4.57. The zero-order valence-corrected chi connectivity index (χ0v) is 4.80. The molecule has 0 aliphatic rings. The van der Waals surface area contributed by atoms with Gasteiger partial charge in [-0.1, -0.05) is 0 Å². The van der Waals surface area contributed by atoms with Crippen molar-refractivity contribution in [3.8, 4) is 0 Å². The third-order valence-corrected chi connectivity index (χ3v) is 0.668.